The lowest BCUT2D eigenvalue weighted by atomic mass is 10.0. The van der Waals surface area contributed by atoms with Crippen LogP contribution in [0.3, 0.4) is 0 Å². The summed E-state index contributed by atoms with van der Waals surface area (Å²) in [5.41, 5.74) is 2.63. The van der Waals surface area contributed by atoms with Crippen LogP contribution >= 0.6 is 0 Å². The Balaban J connectivity index is 2.67. The van der Waals surface area contributed by atoms with Crippen molar-refractivity contribution in [2.24, 2.45) is 0 Å². The quantitative estimate of drug-likeness (QED) is 0.901. The molecule has 1 aromatic rings. The first-order valence-corrected chi connectivity index (χ1v) is 5.69. The Morgan fingerprint density at radius 2 is 1.89 bits per heavy atom. The maximum absolute atomic E-state index is 12.2. The fourth-order valence-electron chi connectivity index (χ4n) is 1.96. The number of benzene rings is 1. The number of nitrogens with zero attached hydrogens (tertiary/aromatic N) is 1. The summed E-state index contributed by atoms with van der Waals surface area (Å²) in [5.74, 6) is 0. The van der Waals surface area contributed by atoms with Gasteiger partial charge in [-0.3, -0.25) is 4.90 Å². The van der Waals surface area contributed by atoms with Crippen LogP contribution in [0.1, 0.15) is 22.8 Å². The van der Waals surface area contributed by atoms with Gasteiger partial charge in [-0.1, -0.05) is 23.8 Å². The third-order valence-corrected chi connectivity index (χ3v) is 2.72. The predicted octanol–water partition coefficient (Wildman–Crippen LogP) is 2.83. The molecule has 0 radical (unpaired) electrons. The van der Waals surface area contributed by atoms with Crippen LogP contribution in [0.15, 0.2) is 18.2 Å². The predicted molar refractivity (Wildman–Crippen MR) is 64.4 cm³/mol. The van der Waals surface area contributed by atoms with E-state index in [4.69, 9.17) is 0 Å². The van der Waals surface area contributed by atoms with Gasteiger partial charge in [0.1, 0.15) is 0 Å². The molecule has 1 atom stereocenters. The highest BCUT2D eigenvalue weighted by atomic mass is 19.4. The molecule has 0 aliphatic heterocycles. The number of aliphatic hydroxyl groups excluding tert-OH is 1. The zero-order valence-electron chi connectivity index (χ0n) is 10.8. The summed E-state index contributed by atoms with van der Waals surface area (Å²) in [5, 5.41) is 9.95. The van der Waals surface area contributed by atoms with Crippen molar-refractivity contribution in [3.8, 4) is 0 Å². The molecule has 18 heavy (non-hydrogen) atoms. The second kappa shape index (κ2) is 5.71. The van der Waals surface area contributed by atoms with Gasteiger partial charge in [-0.2, -0.15) is 13.2 Å². The normalized spacial score (nSPS) is 14.0. The molecule has 0 aliphatic rings. The lowest BCUT2D eigenvalue weighted by molar-refractivity contribution is -0.145. The molecule has 0 saturated carbocycles. The van der Waals surface area contributed by atoms with Gasteiger partial charge in [0.15, 0.2) is 0 Å². The Bertz CT molecular complexity index is 404. The van der Waals surface area contributed by atoms with Gasteiger partial charge in [-0.25, -0.2) is 0 Å². The molecule has 0 saturated heterocycles. The molecule has 1 N–H and O–H groups in total. The number of halogens is 3. The number of aliphatic hydroxyl groups is 1. The van der Waals surface area contributed by atoms with E-state index in [1.807, 2.05) is 26.0 Å². The van der Waals surface area contributed by atoms with Gasteiger partial charge in [0.25, 0.3) is 0 Å². The molecule has 1 rings (SSSR count). The minimum atomic E-state index is -4.24. The highest BCUT2D eigenvalue weighted by Crippen LogP contribution is 2.21. The van der Waals surface area contributed by atoms with Gasteiger partial charge < -0.3 is 5.11 Å². The van der Waals surface area contributed by atoms with E-state index in [0.717, 1.165) is 16.0 Å². The van der Waals surface area contributed by atoms with Crippen LogP contribution in [-0.4, -0.2) is 36.3 Å². The second-order valence-corrected chi connectivity index (χ2v) is 4.69. The third-order valence-electron chi connectivity index (χ3n) is 2.72. The molecule has 5 heteroatoms. The molecule has 1 unspecified atom stereocenters. The summed E-state index contributed by atoms with van der Waals surface area (Å²) < 4.78 is 36.5. The molecule has 0 amide bonds. The maximum Gasteiger partial charge on any atom is 0.401 e. The van der Waals surface area contributed by atoms with E-state index >= 15 is 0 Å². The molecule has 0 heterocycles. The van der Waals surface area contributed by atoms with E-state index in [2.05, 4.69) is 0 Å². The number of hydrogen-bond acceptors (Lipinski definition) is 2. The number of rotatable bonds is 4. The Morgan fingerprint density at radius 1 is 1.28 bits per heavy atom. The van der Waals surface area contributed by atoms with Crippen LogP contribution in [-0.2, 0) is 0 Å². The van der Waals surface area contributed by atoms with E-state index in [0.29, 0.717) is 5.56 Å². The minimum absolute atomic E-state index is 0.0383. The van der Waals surface area contributed by atoms with Gasteiger partial charge in [-0.05, 0) is 32.0 Å². The van der Waals surface area contributed by atoms with E-state index in [-0.39, 0.29) is 6.54 Å². The van der Waals surface area contributed by atoms with Gasteiger partial charge in [-0.15, -0.1) is 0 Å². The van der Waals surface area contributed by atoms with Crippen LogP contribution in [0.25, 0.3) is 0 Å². The highest BCUT2D eigenvalue weighted by molar-refractivity contribution is 5.32. The fraction of sp³-hybridized carbons (Fsp3) is 0.538. The highest BCUT2D eigenvalue weighted by Gasteiger charge is 2.30. The Labute approximate surface area is 105 Å². The first-order valence-electron chi connectivity index (χ1n) is 5.69. The smallest absolute Gasteiger partial charge is 0.387 e. The van der Waals surface area contributed by atoms with E-state index in [1.54, 1.807) is 6.07 Å². The molecule has 0 spiro atoms. The summed E-state index contributed by atoms with van der Waals surface area (Å²) in [4.78, 5) is 1.07. The largest absolute Gasteiger partial charge is 0.401 e. The summed E-state index contributed by atoms with van der Waals surface area (Å²) in [6, 6.07) is 5.51. The molecule has 0 aliphatic carbocycles. The van der Waals surface area contributed by atoms with Gasteiger partial charge in [0, 0.05) is 6.54 Å². The summed E-state index contributed by atoms with van der Waals surface area (Å²) in [7, 11) is 1.35. The monoisotopic (exact) mass is 261 g/mol. The van der Waals surface area contributed by atoms with Crippen LogP contribution in [0, 0.1) is 13.8 Å². The SMILES string of the molecule is Cc1ccc(C(O)CN(C)CC(F)(F)F)c(C)c1. The topological polar surface area (TPSA) is 23.5 Å². The van der Waals surface area contributed by atoms with Crippen molar-refractivity contribution < 1.29 is 18.3 Å². The van der Waals surface area contributed by atoms with Crippen molar-refractivity contribution in [1.29, 1.82) is 0 Å². The lowest BCUT2D eigenvalue weighted by Crippen LogP contribution is -2.34. The molecular formula is C13H18F3NO. The van der Waals surface area contributed by atoms with Crippen LogP contribution in [0.4, 0.5) is 13.2 Å². The first-order chi connectivity index (χ1) is 8.19. The standard InChI is InChI=1S/C13H18F3NO/c1-9-4-5-11(10(2)6-9)12(18)7-17(3)8-13(14,15)16/h4-6,12,18H,7-8H2,1-3H3. The number of alkyl halides is 3. The molecule has 0 bridgehead atoms. The summed E-state index contributed by atoms with van der Waals surface area (Å²) in [6.07, 6.45) is -5.14. The summed E-state index contributed by atoms with van der Waals surface area (Å²) in [6.45, 7) is 2.71. The van der Waals surface area contributed by atoms with E-state index in [1.165, 1.54) is 7.05 Å². The van der Waals surface area contributed by atoms with E-state index < -0.39 is 18.8 Å². The summed E-state index contributed by atoms with van der Waals surface area (Å²) >= 11 is 0. The van der Waals surface area contributed by atoms with Crippen molar-refractivity contribution in [3.63, 3.8) is 0 Å². The average Bonchev–Trinajstić information content (AvgIpc) is 2.13. The zero-order chi connectivity index (χ0) is 13.9. The maximum atomic E-state index is 12.2. The van der Waals surface area contributed by atoms with E-state index in [9.17, 15) is 18.3 Å². The van der Waals surface area contributed by atoms with Crippen molar-refractivity contribution in [1.82, 2.24) is 4.90 Å². The lowest BCUT2D eigenvalue weighted by Gasteiger charge is -2.23. The average molecular weight is 261 g/mol. The van der Waals surface area contributed by atoms with Crippen molar-refractivity contribution >= 4 is 0 Å². The molecule has 102 valence electrons. The molecule has 0 fully saturated rings. The molecule has 0 aromatic heterocycles. The van der Waals surface area contributed by atoms with Crippen molar-refractivity contribution in [3.05, 3.63) is 34.9 Å². The molecule has 1 aromatic carbocycles. The second-order valence-electron chi connectivity index (χ2n) is 4.69. The van der Waals surface area contributed by atoms with Crippen molar-refractivity contribution in [2.45, 2.75) is 26.1 Å². The third kappa shape index (κ3) is 4.66. The minimum Gasteiger partial charge on any atom is -0.387 e. The van der Waals surface area contributed by atoms with Crippen LogP contribution in [0.2, 0.25) is 0 Å². The number of likely N-dealkylation sites (N-methyl/N-ethyl adjacent to an activating group) is 1. The van der Waals surface area contributed by atoms with Gasteiger partial charge in [0.2, 0.25) is 0 Å². The van der Waals surface area contributed by atoms with Crippen LogP contribution < -0.4 is 0 Å². The van der Waals surface area contributed by atoms with Gasteiger partial charge in [0.05, 0.1) is 12.6 Å². The fourth-order valence-corrected chi connectivity index (χ4v) is 1.96. The van der Waals surface area contributed by atoms with Gasteiger partial charge >= 0.3 is 6.18 Å². The first kappa shape index (κ1) is 15.0. The molecular weight excluding hydrogens is 243 g/mol. The van der Waals surface area contributed by atoms with Crippen molar-refractivity contribution in [2.75, 3.05) is 20.1 Å². The van der Waals surface area contributed by atoms with Crippen LogP contribution in [0.5, 0.6) is 0 Å². The number of hydrogen-bond donors (Lipinski definition) is 1. The zero-order valence-corrected chi connectivity index (χ0v) is 10.8. The number of aryl methyl sites for hydroxylation is 2. The Kier molecular flexibility index (Phi) is 4.76. The molecule has 2 nitrogen and oxygen atoms in total. The Hall–Kier alpha value is -1.07. The Morgan fingerprint density at radius 3 is 2.39 bits per heavy atom.